The van der Waals surface area contributed by atoms with Crippen molar-refractivity contribution in [1.82, 2.24) is 24.2 Å². The number of carbonyl (C=O) groups excluding carboxylic acids is 1. The van der Waals surface area contributed by atoms with Gasteiger partial charge in [0.15, 0.2) is 12.3 Å². The van der Waals surface area contributed by atoms with E-state index in [1.54, 1.807) is 0 Å². The van der Waals surface area contributed by atoms with Crippen LogP contribution in [0.5, 0.6) is 0 Å². The number of amides is 1. The van der Waals surface area contributed by atoms with Gasteiger partial charge in [0, 0.05) is 12.6 Å². The summed E-state index contributed by atoms with van der Waals surface area (Å²) in [6.07, 6.45) is -6.31. The van der Waals surface area contributed by atoms with Gasteiger partial charge in [-0.3, -0.25) is 14.3 Å². The fourth-order valence-corrected chi connectivity index (χ4v) is 4.09. The minimum Gasteiger partial charge on any atom is -0.335 e. The molecule has 1 saturated heterocycles. The molecular weight excluding hydrogens is 425 g/mol. The molecule has 7 nitrogen and oxygen atoms in total. The molecule has 0 aromatic carbocycles. The largest absolute Gasteiger partial charge is 0.433 e. The Balaban J connectivity index is 1.60. The third-order valence-electron chi connectivity index (χ3n) is 5.64. The Hall–Kier alpha value is -2.79. The first-order valence-electron chi connectivity index (χ1n) is 9.82. The molecule has 2 aromatic heterocycles. The minimum absolute atomic E-state index is 0.00869. The lowest BCUT2D eigenvalue weighted by Gasteiger charge is -2.29. The van der Waals surface area contributed by atoms with Crippen molar-refractivity contribution in [2.45, 2.75) is 50.9 Å². The van der Waals surface area contributed by atoms with Crippen molar-refractivity contribution in [3.8, 4) is 0 Å². The van der Waals surface area contributed by atoms with Gasteiger partial charge in [0.25, 0.3) is 0 Å². The molecule has 4 heterocycles. The lowest BCUT2D eigenvalue weighted by molar-refractivity contribution is -0.141. The molecule has 31 heavy (non-hydrogen) atoms. The molecule has 2 aliphatic rings. The van der Waals surface area contributed by atoms with Crippen LogP contribution in [0.15, 0.2) is 23.1 Å². The van der Waals surface area contributed by atoms with Crippen LogP contribution in [0.25, 0.3) is 0 Å². The Morgan fingerprint density at radius 2 is 1.87 bits per heavy atom. The van der Waals surface area contributed by atoms with Crippen LogP contribution < -0.4 is 5.69 Å². The summed E-state index contributed by atoms with van der Waals surface area (Å²) >= 11 is 0. The molecule has 0 saturated carbocycles. The summed E-state index contributed by atoms with van der Waals surface area (Å²) in [6, 6.07) is 1.10. The maximum atomic E-state index is 13.6. The second-order valence-corrected chi connectivity index (χ2v) is 8.11. The highest BCUT2D eigenvalue weighted by Gasteiger charge is 2.41. The number of carbonyl (C=O) groups is 1. The maximum Gasteiger partial charge on any atom is 0.433 e. The number of hydrogen-bond donors (Lipinski definition) is 0. The quantitative estimate of drug-likeness (QED) is 0.679. The highest BCUT2D eigenvalue weighted by Crippen LogP contribution is 2.30. The summed E-state index contributed by atoms with van der Waals surface area (Å²) in [5.41, 5.74) is -1.32. The number of aromatic nitrogens is 4. The molecule has 0 N–H and O–H groups in total. The predicted octanol–water partition coefficient (Wildman–Crippen LogP) is 2.15. The van der Waals surface area contributed by atoms with Crippen molar-refractivity contribution >= 4 is 5.91 Å². The molecule has 0 spiro atoms. The standard InChI is InChI=1S/C19H20F5N5O2/c1-10-4-14(17(30)27-8-12(20)13(21)9-27)29-16(5-10)26-28(18(29)31)7-11-2-3-15(25-6-11)19(22,23)24/h2-3,6,10,12-14H,4-5,7-9H2,1H3/t10?,12-,13+,14?. The topological polar surface area (TPSA) is 73.0 Å². The molecule has 1 amide bonds. The van der Waals surface area contributed by atoms with Gasteiger partial charge < -0.3 is 4.90 Å². The molecule has 12 heteroatoms. The van der Waals surface area contributed by atoms with E-state index < -0.39 is 41.9 Å². The van der Waals surface area contributed by atoms with Crippen LogP contribution in [0.1, 0.15) is 36.5 Å². The Morgan fingerprint density at radius 1 is 1.19 bits per heavy atom. The van der Waals surface area contributed by atoms with Gasteiger partial charge in [-0.25, -0.2) is 18.3 Å². The first kappa shape index (κ1) is 21.4. The number of pyridine rings is 1. The molecule has 0 bridgehead atoms. The van der Waals surface area contributed by atoms with E-state index in [0.29, 0.717) is 24.2 Å². The highest BCUT2D eigenvalue weighted by molar-refractivity contribution is 5.81. The summed E-state index contributed by atoms with van der Waals surface area (Å²) in [5, 5.41) is 4.25. The number of likely N-dealkylation sites (tertiary alicyclic amines) is 1. The van der Waals surface area contributed by atoms with Crippen molar-refractivity contribution in [1.29, 1.82) is 0 Å². The molecule has 0 radical (unpaired) electrons. The van der Waals surface area contributed by atoms with Crippen molar-refractivity contribution < 1.29 is 26.7 Å². The van der Waals surface area contributed by atoms with Gasteiger partial charge >= 0.3 is 11.9 Å². The van der Waals surface area contributed by atoms with Gasteiger partial charge in [-0.15, -0.1) is 0 Å². The summed E-state index contributed by atoms with van der Waals surface area (Å²) in [5.74, 6) is -0.169. The van der Waals surface area contributed by atoms with Crippen molar-refractivity contribution in [2.24, 2.45) is 5.92 Å². The van der Waals surface area contributed by atoms with Crippen LogP contribution >= 0.6 is 0 Å². The van der Waals surface area contributed by atoms with E-state index in [-0.39, 0.29) is 25.6 Å². The lowest BCUT2D eigenvalue weighted by Crippen LogP contribution is -2.43. The summed E-state index contributed by atoms with van der Waals surface area (Å²) in [7, 11) is 0. The molecule has 2 unspecified atom stereocenters. The average Bonchev–Trinajstić information content (AvgIpc) is 3.19. The molecule has 0 aliphatic carbocycles. The summed E-state index contributed by atoms with van der Waals surface area (Å²) in [4.78, 5) is 30.3. The average molecular weight is 445 g/mol. The molecular formula is C19H20F5N5O2. The van der Waals surface area contributed by atoms with Crippen molar-refractivity contribution in [2.75, 3.05) is 13.1 Å². The molecule has 168 valence electrons. The van der Waals surface area contributed by atoms with E-state index >= 15 is 0 Å². The van der Waals surface area contributed by atoms with Crippen molar-refractivity contribution in [3.63, 3.8) is 0 Å². The van der Waals surface area contributed by atoms with Gasteiger partial charge in [0.05, 0.1) is 19.6 Å². The van der Waals surface area contributed by atoms with Gasteiger partial charge in [-0.05, 0) is 24.0 Å². The Morgan fingerprint density at radius 3 is 2.45 bits per heavy atom. The van der Waals surface area contributed by atoms with Crippen LogP contribution in [0.4, 0.5) is 22.0 Å². The molecule has 1 fully saturated rings. The summed E-state index contributed by atoms with van der Waals surface area (Å²) in [6.45, 7) is 1.04. The van der Waals surface area contributed by atoms with E-state index in [9.17, 15) is 31.5 Å². The predicted molar refractivity (Wildman–Crippen MR) is 97.7 cm³/mol. The second-order valence-electron chi connectivity index (χ2n) is 8.11. The van der Waals surface area contributed by atoms with Gasteiger partial charge in [0.2, 0.25) is 5.91 Å². The maximum absolute atomic E-state index is 13.6. The van der Waals surface area contributed by atoms with E-state index in [2.05, 4.69) is 10.1 Å². The third kappa shape index (κ3) is 4.07. The normalized spacial score (nSPS) is 26.2. The van der Waals surface area contributed by atoms with Gasteiger partial charge in [-0.1, -0.05) is 13.0 Å². The van der Waals surface area contributed by atoms with E-state index in [0.717, 1.165) is 21.8 Å². The van der Waals surface area contributed by atoms with Crippen LogP contribution in [-0.2, 0) is 23.9 Å². The zero-order valence-electron chi connectivity index (χ0n) is 16.5. The molecule has 4 rings (SSSR count). The lowest BCUT2D eigenvalue weighted by atomic mass is 9.93. The minimum atomic E-state index is -4.57. The zero-order chi connectivity index (χ0) is 22.5. The number of nitrogens with zero attached hydrogens (tertiary/aromatic N) is 5. The third-order valence-corrected chi connectivity index (χ3v) is 5.64. The highest BCUT2D eigenvalue weighted by atomic mass is 19.4. The number of rotatable bonds is 3. The summed E-state index contributed by atoms with van der Waals surface area (Å²) < 4.78 is 67.5. The number of alkyl halides is 5. The molecule has 4 atom stereocenters. The monoisotopic (exact) mass is 445 g/mol. The molecule has 2 aromatic rings. The second kappa shape index (κ2) is 7.72. The van der Waals surface area contributed by atoms with Crippen LogP contribution in [0.2, 0.25) is 0 Å². The number of hydrogen-bond acceptors (Lipinski definition) is 4. The van der Waals surface area contributed by atoms with Crippen LogP contribution in [-0.4, -0.2) is 55.6 Å². The van der Waals surface area contributed by atoms with Gasteiger partial charge in [-0.2, -0.15) is 18.3 Å². The zero-order valence-corrected chi connectivity index (χ0v) is 16.5. The number of halogens is 5. The Kier molecular flexibility index (Phi) is 5.34. The van der Waals surface area contributed by atoms with Crippen molar-refractivity contribution in [3.05, 3.63) is 45.9 Å². The number of fused-ring (bicyclic) bond motifs is 1. The van der Waals surface area contributed by atoms with E-state index in [1.807, 2.05) is 6.92 Å². The fourth-order valence-electron chi connectivity index (χ4n) is 4.09. The SMILES string of the molecule is CC1Cc2nn(Cc3ccc(C(F)(F)F)nc3)c(=O)n2C(C(=O)N2C[C@@H](F)[C@@H](F)C2)C1. The van der Waals surface area contributed by atoms with Crippen LogP contribution in [0.3, 0.4) is 0 Å². The van der Waals surface area contributed by atoms with Gasteiger partial charge in [0.1, 0.15) is 17.6 Å². The Labute approximate surface area is 173 Å². The smallest absolute Gasteiger partial charge is 0.335 e. The van der Waals surface area contributed by atoms with Crippen LogP contribution in [0, 0.1) is 5.92 Å². The first-order chi connectivity index (χ1) is 14.5. The first-order valence-corrected chi connectivity index (χ1v) is 9.82. The van der Waals surface area contributed by atoms with E-state index in [4.69, 9.17) is 0 Å². The molecule has 2 aliphatic heterocycles. The fraction of sp³-hybridized carbons (Fsp3) is 0.579. The van der Waals surface area contributed by atoms with E-state index in [1.165, 1.54) is 10.6 Å². The Bertz CT molecular complexity index is 1020.